The van der Waals surface area contributed by atoms with E-state index >= 15 is 0 Å². The van der Waals surface area contributed by atoms with Crippen LogP contribution >= 0.6 is 11.8 Å². The first-order valence-electron chi connectivity index (χ1n) is 4.64. The maximum atomic E-state index is 5.90. The molecule has 0 aliphatic rings. The first-order chi connectivity index (χ1) is 6.15. The molecule has 2 heteroatoms. The van der Waals surface area contributed by atoms with E-state index in [1.54, 1.807) is 0 Å². The maximum absolute atomic E-state index is 5.90. The van der Waals surface area contributed by atoms with Gasteiger partial charge in [0.1, 0.15) is 0 Å². The number of nitrogens with two attached hydrogens (primary N) is 1. The molecule has 0 amide bonds. The van der Waals surface area contributed by atoms with Gasteiger partial charge < -0.3 is 5.73 Å². The fourth-order valence-corrected chi connectivity index (χ4v) is 2.20. The highest BCUT2D eigenvalue weighted by atomic mass is 32.2. The second-order valence-corrected chi connectivity index (χ2v) is 4.57. The fourth-order valence-electron chi connectivity index (χ4n) is 1.31. The van der Waals surface area contributed by atoms with Gasteiger partial charge in [0.2, 0.25) is 0 Å². The minimum absolute atomic E-state index is 0.133. The number of hydrogen-bond donors (Lipinski definition) is 1. The number of thioether (sulfide) groups is 1. The molecular formula is C11H17NS. The lowest BCUT2D eigenvalue weighted by atomic mass is 10.1. The van der Waals surface area contributed by atoms with Crippen molar-refractivity contribution in [1.82, 2.24) is 0 Å². The SMILES string of the molecule is CCSc1ccc(C)cc1C(C)N. The van der Waals surface area contributed by atoms with Crippen molar-refractivity contribution in [3.8, 4) is 0 Å². The normalized spacial score (nSPS) is 12.9. The molecule has 72 valence electrons. The molecule has 0 bridgehead atoms. The highest BCUT2D eigenvalue weighted by Gasteiger charge is 2.06. The standard InChI is InChI=1S/C11H17NS/c1-4-13-11-6-5-8(2)7-10(11)9(3)12/h5-7,9H,4,12H2,1-3H3. The highest BCUT2D eigenvalue weighted by molar-refractivity contribution is 7.99. The van der Waals surface area contributed by atoms with Crippen LogP contribution in [0.25, 0.3) is 0 Å². The molecule has 0 saturated heterocycles. The Kier molecular flexibility index (Phi) is 3.82. The zero-order valence-electron chi connectivity index (χ0n) is 8.50. The second kappa shape index (κ2) is 4.68. The Labute approximate surface area is 84.7 Å². The molecule has 0 fully saturated rings. The van der Waals surface area contributed by atoms with Crippen molar-refractivity contribution in [2.45, 2.75) is 31.7 Å². The molecule has 1 rings (SSSR count). The third-order valence-corrected chi connectivity index (χ3v) is 2.93. The van der Waals surface area contributed by atoms with E-state index in [1.165, 1.54) is 16.0 Å². The Hall–Kier alpha value is -0.470. The largest absolute Gasteiger partial charge is 0.324 e. The second-order valence-electron chi connectivity index (χ2n) is 3.26. The summed E-state index contributed by atoms with van der Waals surface area (Å²) in [5.41, 5.74) is 8.46. The average Bonchev–Trinajstić information content (AvgIpc) is 2.08. The monoisotopic (exact) mass is 195 g/mol. The van der Waals surface area contributed by atoms with Crippen molar-refractivity contribution in [3.63, 3.8) is 0 Å². The van der Waals surface area contributed by atoms with Crippen LogP contribution < -0.4 is 5.73 Å². The topological polar surface area (TPSA) is 26.0 Å². The van der Waals surface area contributed by atoms with Gasteiger partial charge in [0.15, 0.2) is 0 Å². The average molecular weight is 195 g/mol. The van der Waals surface area contributed by atoms with Gasteiger partial charge in [-0.1, -0.05) is 24.6 Å². The van der Waals surface area contributed by atoms with Crippen LogP contribution in [0.3, 0.4) is 0 Å². The van der Waals surface area contributed by atoms with E-state index in [-0.39, 0.29) is 6.04 Å². The Bertz CT molecular complexity index is 281. The van der Waals surface area contributed by atoms with Gasteiger partial charge in [0, 0.05) is 10.9 Å². The van der Waals surface area contributed by atoms with Gasteiger partial charge in [-0.3, -0.25) is 0 Å². The molecule has 1 nitrogen and oxygen atoms in total. The van der Waals surface area contributed by atoms with E-state index in [0.717, 1.165) is 5.75 Å². The predicted molar refractivity (Wildman–Crippen MR) is 60.2 cm³/mol. The summed E-state index contributed by atoms with van der Waals surface area (Å²) in [6.07, 6.45) is 0. The first kappa shape index (κ1) is 10.6. The van der Waals surface area contributed by atoms with E-state index in [1.807, 2.05) is 18.7 Å². The summed E-state index contributed by atoms with van der Waals surface area (Å²) >= 11 is 1.86. The van der Waals surface area contributed by atoms with Crippen LogP contribution in [-0.4, -0.2) is 5.75 Å². The van der Waals surface area contributed by atoms with Gasteiger partial charge in [-0.05, 0) is 31.2 Å². The van der Waals surface area contributed by atoms with Crippen LogP contribution in [0.4, 0.5) is 0 Å². The van der Waals surface area contributed by atoms with Crippen molar-refractivity contribution in [2.75, 3.05) is 5.75 Å². The lowest BCUT2D eigenvalue weighted by Gasteiger charge is -2.12. The molecule has 0 aliphatic carbocycles. The summed E-state index contributed by atoms with van der Waals surface area (Å²) in [5, 5.41) is 0. The molecule has 0 radical (unpaired) electrons. The van der Waals surface area contributed by atoms with Gasteiger partial charge in [-0.15, -0.1) is 11.8 Å². The number of rotatable bonds is 3. The van der Waals surface area contributed by atoms with E-state index in [0.29, 0.717) is 0 Å². The van der Waals surface area contributed by atoms with Crippen molar-refractivity contribution in [3.05, 3.63) is 29.3 Å². The number of benzene rings is 1. The van der Waals surface area contributed by atoms with Crippen LogP contribution in [0.5, 0.6) is 0 Å². The van der Waals surface area contributed by atoms with Crippen molar-refractivity contribution in [2.24, 2.45) is 5.73 Å². The molecule has 0 saturated carbocycles. The Balaban J connectivity index is 3.03. The lowest BCUT2D eigenvalue weighted by Crippen LogP contribution is -2.06. The van der Waals surface area contributed by atoms with Crippen LogP contribution in [-0.2, 0) is 0 Å². The van der Waals surface area contributed by atoms with Crippen LogP contribution in [0.1, 0.15) is 31.0 Å². The van der Waals surface area contributed by atoms with Gasteiger partial charge >= 0.3 is 0 Å². The maximum Gasteiger partial charge on any atom is 0.0277 e. The summed E-state index contributed by atoms with van der Waals surface area (Å²) in [7, 11) is 0. The lowest BCUT2D eigenvalue weighted by molar-refractivity contribution is 0.796. The van der Waals surface area contributed by atoms with Gasteiger partial charge in [0.25, 0.3) is 0 Å². The molecule has 1 aromatic rings. The minimum atomic E-state index is 0.133. The zero-order valence-corrected chi connectivity index (χ0v) is 9.32. The highest BCUT2D eigenvalue weighted by Crippen LogP contribution is 2.27. The van der Waals surface area contributed by atoms with Crippen molar-refractivity contribution >= 4 is 11.8 Å². The fraction of sp³-hybridized carbons (Fsp3) is 0.455. The summed E-state index contributed by atoms with van der Waals surface area (Å²) in [5.74, 6) is 1.10. The number of hydrogen-bond acceptors (Lipinski definition) is 2. The Morgan fingerprint density at radius 3 is 2.69 bits per heavy atom. The third kappa shape index (κ3) is 2.75. The van der Waals surface area contributed by atoms with E-state index in [9.17, 15) is 0 Å². The Morgan fingerprint density at radius 2 is 2.15 bits per heavy atom. The summed E-state index contributed by atoms with van der Waals surface area (Å²) in [4.78, 5) is 1.32. The van der Waals surface area contributed by atoms with Crippen LogP contribution in [0, 0.1) is 6.92 Å². The predicted octanol–water partition coefficient (Wildman–Crippen LogP) is 3.13. The quantitative estimate of drug-likeness (QED) is 0.750. The molecule has 0 heterocycles. The number of aryl methyl sites for hydroxylation is 1. The molecule has 0 aromatic heterocycles. The van der Waals surface area contributed by atoms with Gasteiger partial charge in [-0.25, -0.2) is 0 Å². The Morgan fingerprint density at radius 1 is 1.46 bits per heavy atom. The first-order valence-corrected chi connectivity index (χ1v) is 5.62. The third-order valence-electron chi connectivity index (χ3n) is 1.96. The molecule has 2 N–H and O–H groups in total. The van der Waals surface area contributed by atoms with E-state index in [2.05, 4.69) is 32.0 Å². The van der Waals surface area contributed by atoms with Crippen molar-refractivity contribution < 1.29 is 0 Å². The molecule has 1 unspecified atom stereocenters. The molecular weight excluding hydrogens is 178 g/mol. The molecule has 0 aliphatic heterocycles. The minimum Gasteiger partial charge on any atom is -0.324 e. The molecule has 1 aromatic carbocycles. The van der Waals surface area contributed by atoms with E-state index in [4.69, 9.17) is 5.73 Å². The smallest absolute Gasteiger partial charge is 0.0277 e. The molecule has 1 atom stereocenters. The zero-order chi connectivity index (χ0) is 9.84. The molecule has 13 heavy (non-hydrogen) atoms. The summed E-state index contributed by atoms with van der Waals surface area (Å²) in [6.45, 7) is 6.30. The van der Waals surface area contributed by atoms with Crippen LogP contribution in [0.15, 0.2) is 23.1 Å². The van der Waals surface area contributed by atoms with Crippen LogP contribution in [0.2, 0.25) is 0 Å². The summed E-state index contributed by atoms with van der Waals surface area (Å²) in [6, 6.07) is 6.63. The van der Waals surface area contributed by atoms with Gasteiger partial charge in [-0.2, -0.15) is 0 Å². The van der Waals surface area contributed by atoms with E-state index < -0.39 is 0 Å². The van der Waals surface area contributed by atoms with Crippen molar-refractivity contribution in [1.29, 1.82) is 0 Å². The van der Waals surface area contributed by atoms with Gasteiger partial charge in [0.05, 0.1) is 0 Å². The molecule has 0 spiro atoms. The summed E-state index contributed by atoms with van der Waals surface area (Å²) < 4.78 is 0.